The maximum Gasteiger partial charge on any atom is 0.135 e. The van der Waals surface area contributed by atoms with Crippen molar-refractivity contribution in [3.05, 3.63) is 52.4 Å². The monoisotopic (exact) mass is 286 g/mol. The van der Waals surface area contributed by atoms with Crippen LogP contribution in [-0.4, -0.2) is 9.97 Å². The maximum absolute atomic E-state index is 8.75. The van der Waals surface area contributed by atoms with Crippen LogP contribution in [0.3, 0.4) is 0 Å². The van der Waals surface area contributed by atoms with Gasteiger partial charge in [-0.2, -0.15) is 5.26 Å². The molecule has 102 valence electrons. The van der Waals surface area contributed by atoms with Gasteiger partial charge in [-0.1, -0.05) is 37.6 Å². The SMILES string of the molecule is CC(C)c1nc(Cl)cc(NCc2ccc(C#N)cc2)n1. The predicted octanol–water partition coefficient (Wildman–Crippen LogP) is 3.74. The van der Waals surface area contributed by atoms with Crippen LogP contribution in [0, 0.1) is 11.3 Å². The van der Waals surface area contributed by atoms with Crippen LogP contribution in [0.2, 0.25) is 5.15 Å². The zero-order valence-electron chi connectivity index (χ0n) is 11.4. The Morgan fingerprint density at radius 3 is 2.55 bits per heavy atom. The average Bonchev–Trinajstić information content (AvgIpc) is 2.45. The van der Waals surface area contributed by atoms with Gasteiger partial charge >= 0.3 is 0 Å². The second-order valence-electron chi connectivity index (χ2n) is 4.75. The normalized spacial score (nSPS) is 10.3. The van der Waals surface area contributed by atoms with Crippen LogP contribution in [0.25, 0.3) is 0 Å². The molecule has 0 aliphatic carbocycles. The number of hydrogen-bond donors (Lipinski definition) is 1. The van der Waals surface area contributed by atoms with Crippen molar-refractivity contribution in [2.75, 3.05) is 5.32 Å². The number of hydrogen-bond acceptors (Lipinski definition) is 4. The first-order valence-corrected chi connectivity index (χ1v) is 6.73. The molecule has 0 spiro atoms. The number of benzene rings is 1. The molecule has 1 heterocycles. The van der Waals surface area contributed by atoms with Crippen molar-refractivity contribution in [2.24, 2.45) is 0 Å². The van der Waals surface area contributed by atoms with Crippen molar-refractivity contribution >= 4 is 17.4 Å². The highest BCUT2D eigenvalue weighted by Gasteiger charge is 2.06. The van der Waals surface area contributed by atoms with Crippen molar-refractivity contribution in [3.8, 4) is 6.07 Å². The Kier molecular flexibility index (Phi) is 4.54. The number of nitrogens with zero attached hydrogens (tertiary/aromatic N) is 3. The fourth-order valence-corrected chi connectivity index (χ4v) is 1.86. The van der Waals surface area contributed by atoms with Crippen molar-refractivity contribution in [3.63, 3.8) is 0 Å². The topological polar surface area (TPSA) is 61.6 Å². The number of nitrogens with one attached hydrogen (secondary N) is 1. The lowest BCUT2D eigenvalue weighted by atomic mass is 10.1. The van der Waals surface area contributed by atoms with Crippen LogP contribution in [0.5, 0.6) is 0 Å². The summed E-state index contributed by atoms with van der Waals surface area (Å²) in [4.78, 5) is 8.61. The van der Waals surface area contributed by atoms with Crippen molar-refractivity contribution in [1.29, 1.82) is 5.26 Å². The van der Waals surface area contributed by atoms with Gasteiger partial charge in [0, 0.05) is 18.5 Å². The second-order valence-corrected chi connectivity index (χ2v) is 5.14. The minimum atomic E-state index is 0.226. The van der Waals surface area contributed by atoms with Crippen LogP contribution in [0.4, 0.5) is 5.82 Å². The van der Waals surface area contributed by atoms with E-state index in [1.165, 1.54) is 0 Å². The van der Waals surface area contributed by atoms with Crippen LogP contribution in [0.15, 0.2) is 30.3 Å². The molecule has 0 saturated carbocycles. The Labute approximate surface area is 123 Å². The number of aromatic nitrogens is 2. The third-order valence-electron chi connectivity index (χ3n) is 2.79. The molecule has 0 unspecified atom stereocenters. The standard InChI is InChI=1S/C15H15ClN4/c1-10(2)15-19-13(16)7-14(20-15)18-9-12-5-3-11(8-17)4-6-12/h3-7,10H,9H2,1-2H3,(H,18,19,20). The molecule has 0 fully saturated rings. The fourth-order valence-electron chi connectivity index (χ4n) is 1.67. The molecular formula is C15H15ClN4. The molecule has 0 aliphatic rings. The largest absolute Gasteiger partial charge is 0.366 e. The van der Waals surface area contributed by atoms with Gasteiger partial charge in [-0.25, -0.2) is 9.97 Å². The molecule has 20 heavy (non-hydrogen) atoms. The van der Waals surface area contributed by atoms with Crippen LogP contribution < -0.4 is 5.32 Å². The zero-order valence-corrected chi connectivity index (χ0v) is 12.1. The van der Waals surface area contributed by atoms with Gasteiger partial charge in [0.05, 0.1) is 11.6 Å². The van der Waals surface area contributed by atoms with Crippen molar-refractivity contribution in [1.82, 2.24) is 9.97 Å². The van der Waals surface area contributed by atoms with E-state index in [9.17, 15) is 0 Å². The molecule has 2 aromatic rings. The number of nitriles is 1. The average molecular weight is 287 g/mol. The lowest BCUT2D eigenvalue weighted by Gasteiger charge is -2.09. The first-order valence-electron chi connectivity index (χ1n) is 6.36. The second kappa shape index (κ2) is 6.36. The minimum Gasteiger partial charge on any atom is -0.366 e. The van der Waals surface area contributed by atoms with Crippen LogP contribution in [-0.2, 0) is 6.54 Å². The Balaban J connectivity index is 2.08. The van der Waals surface area contributed by atoms with Gasteiger partial charge < -0.3 is 5.32 Å². The first-order chi connectivity index (χ1) is 9.58. The van der Waals surface area contributed by atoms with Gasteiger partial charge in [0.15, 0.2) is 0 Å². The summed E-state index contributed by atoms with van der Waals surface area (Å²) >= 11 is 5.99. The zero-order chi connectivity index (χ0) is 14.5. The quantitative estimate of drug-likeness (QED) is 0.870. The van der Waals surface area contributed by atoms with Crippen LogP contribution in [0.1, 0.15) is 36.7 Å². The number of halogens is 1. The van der Waals surface area contributed by atoms with Gasteiger partial charge in [0.1, 0.15) is 16.8 Å². The van der Waals surface area contributed by atoms with Gasteiger partial charge in [-0.05, 0) is 17.7 Å². The van der Waals surface area contributed by atoms with E-state index in [0.717, 1.165) is 11.4 Å². The lowest BCUT2D eigenvalue weighted by molar-refractivity contribution is 0.774. The molecule has 1 aromatic heterocycles. The van der Waals surface area contributed by atoms with Gasteiger partial charge in [0.25, 0.3) is 0 Å². The molecule has 0 radical (unpaired) electrons. The Hall–Kier alpha value is -2.12. The molecule has 0 saturated heterocycles. The minimum absolute atomic E-state index is 0.226. The smallest absolute Gasteiger partial charge is 0.135 e. The number of rotatable bonds is 4. The highest BCUT2D eigenvalue weighted by atomic mass is 35.5. The van der Waals surface area contributed by atoms with E-state index in [0.29, 0.717) is 23.1 Å². The molecule has 2 rings (SSSR count). The lowest BCUT2D eigenvalue weighted by Crippen LogP contribution is -2.05. The molecule has 0 aliphatic heterocycles. The van der Waals surface area contributed by atoms with Crippen molar-refractivity contribution < 1.29 is 0 Å². The van der Waals surface area contributed by atoms with E-state index in [-0.39, 0.29) is 5.92 Å². The molecule has 1 aromatic carbocycles. The Morgan fingerprint density at radius 2 is 1.95 bits per heavy atom. The fraction of sp³-hybridized carbons (Fsp3) is 0.267. The summed E-state index contributed by atoms with van der Waals surface area (Å²) < 4.78 is 0. The van der Waals surface area contributed by atoms with E-state index < -0.39 is 0 Å². The number of anilines is 1. The molecule has 0 amide bonds. The summed E-state index contributed by atoms with van der Waals surface area (Å²) in [5.74, 6) is 1.65. The Morgan fingerprint density at radius 1 is 1.25 bits per heavy atom. The van der Waals surface area contributed by atoms with Gasteiger partial charge in [0.2, 0.25) is 0 Å². The predicted molar refractivity (Wildman–Crippen MR) is 79.6 cm³/mol. The van der Waals surface area contributed by atoms with Crippen molar-refractivity contribution in [2.45, 2.75) is 26.3 Å². The summed E-state index contributed by atoms with van der Waals surface area (Å²) in [7, 11) is 0. The van der Waals surface area contributed by atoms with Gasteiger partial charge in [-0.3, -0.25) is 0 Å². The van der Waals surface area contributed by atoms with E-state index in [4.69, 9.17) is 16.9 Å². The summed E-state index contributed by atoms with van der Waals surface area (Å²) in [6.45, 7) is 4.67. The summed E-state index contributed by atoms with van der Waals surface area (Å²) in [6, 6.07) is 11.2. The maximum atomic E-state index is 8.75. The summed E-state index contributed by atoms with van der Waals surface area (Å²) in [6.07, 6.45) is 0. The molecular weight excluding hydrogens is 272 g/mol. The molecule has 0 atom stereocenters. The summed E-state index contributed by atoms with van der Waals surface area (Å²) in [5, 5.41) is 12.4. The first kappa shape index (κ1) is 14.3. The highest BCUT2D eigenvalue weighted by molar-refractivity contribution is 6.29. The van der Waals surface area contributed by atoms with Crippen LogP contribution >= 0.6 is 11.6 Å². The van der Waals surface area contributed by atoms with E-state index in [1.807, 2.05) is 26.0 Å². The molecule has 0 bridgehead atoms. The molecule has 4 nitrogen and oxygen atoms in total. The molecule has 1 N–H and O–H groups in total. The third kappa shape index (κ3) is 3.69. The van der Waals surface area contributed by atoms with E-state index in [2.05, 4.69) is 21.4 Å². The summed E-state index contributed by atoms with van der Waals surface area (Å²) in [5.41, 5.74) is 1.73. The Bertz CT molecular complexity index is 629. The van der Waals surface area contributed by atoms with Gasteiger partial charge in [-0.15, -0.1) is 0 Å². The third-order valence-corrected chi connectivity index (χ3v) is 2.98. The highest BCUT2D eigenvalue weighted by Crippen LogP contribution is 2.17. The van der Waals surface area contributed by atoms with E-state index >= 15 is 0 Å². The molecule has 5 heteroatoms. The van der Waals surface area contributed by atoms with E-state index in [1.54, 1.807) is 18.2 Å².